The van der Waals surface area contributed by atoms with Gasteiger partial charge in [0.25, 0.3) is 0 Å². The number of rotatable bonds is 1. The van der Waals surface area contributed by atoms with Gasteiger partial charge in [0.2, 0.25) is 0 Å². The van der Waals surface area contributed by atoms with E-state index >= 15 is 0 Å². The summed E-state index contributed by atoms with van der Waals surface area (Å²) in [4.78, 5) is 3.65. The molecule has 1 atom stereocenters. The molecule has 0 spiro atoms. The third-order valence-corrected chi connectivity index (χ3v) is 3.13. The summed E-state index contributed by atoms with van der Waals surface area (Å²) in [5.41, 5.74) is 0. The Morgan fingerprint density at radius 3 is 2.86 bits per heavy atom. The highest BCUT2D eigenvalue weighted by Crippen LogP contribution is 2.20. The number of hydrogen-bond acceptors (Lipinski definition) is 4. The first kappa shape index (κ1) is 11.3. The van der Waals surface area contributed by atoms with Crippen molar-refractivity contribution < 1.29 is 0 Å². The normalized spacial score (nSPS) is 22.8. The van der Waals surface area contributed by atoms with Crippen LogP contribution in [0.3, 0.4) is 0 Å². The van der Waals surface area contributed by atoms with Crippen LogP contribution in [0.15, 0.2) is 0 Å². The molecule has 0 saturated carbocycles. The van der Waals surface area contributed by atoms with E-state index in [1.54, 1.807) is 0 Å². The summed E-state index contributed by atoms with van der Waals surface area (Å²) in [7, 11) is 2.02. The molecule has 0 aliphatic carbocycles. The molecule has 5 heteroatoms. The van der Waals surface area contributed by atoms with E-state index in [0.29, 0.717) is 5.17 Å². The minimum absolute atomic E-state index is 0.0914. The van der Waals surface area contributed by atoms with E-state index in [1.807, 2.05) is 13.3 Å². The molecule has 1 N–H and O–H groups in total. The molecular weight excluding hydrogens is 196 g/mol. The average molecular weight is 212 g/mol. The van der Waals surface area contributed by atoms with Crippen LogP contribution in [0, 0.1) is 16.9 Å². The Bertz CT molecular complexity index is 248. The van der Waals surface area contributed by atoms with Crippen LogP contribution >= 0.6 is 11.8 Å². The Balaban J connectivity index is 2.68. The van der Waals surface area contributed by atoms with Gasteiger partial charge in [0.05, 0.1) is 6.17 Å². The number of likely N-dealkylation sites (tertiary alicyclic amines) is 1. The summed E-state index contributed by atoms with van der Waals surface area (Å²) >= 11 is 1.31. The van der Waals surface area contributed by atoms with E-state index in [2.05, 4.69) is 11.1 Å². The van der Waals surface area contributed by atoms with Gasteiger partial charge in [-0.15, -0.1) is 0 Å². The van der Waals surface area contributed by atoms with Gasteiger partial charge in [-0.3, -0.25) is 10.3 Å². The van der Waals surface area contributed by atoms with Crippen LogP contribution in [0.2, 0.25) is 0 Å². The number of amidine groups is 1. The molecule has 78 valence electrons. The van der Waals surface area contributed by atoms with Gasteiger partial charge in [0, 0.05) is 0 Å². The first-order valence-electron chi connectivity index (χ1n) is 4.72. The largest absolute Gasteiger partial charge is 0.286 e. The molecule has 0 aromatic rings. The lowest BCUT2D eigenvalue weighted by Gasteiger charge is -2.37. The topological polar surface area (TPSA) is 54.1 Å². The molecule has 1 heterocycles. The van der Waals surface area contributed by atoms with E-state index in [0.717, 1.165) is 19.4 Å². The van der Waals surface area contributed by atoms with Crippen LogP contribution in [0.1, 0.15) is 19.3 Å². The second-order valence-electron chi connectivity index (χ2n) is 3.44. The second kappa shape index (κ2) is 5.23. The van der Waals surface area contributed by atoms with Crippen molar-refractivity contribution in [3.63, 3.8) is 0 Å². The lowest BCUT2D eigenvalue weighted by Crippen LogP contribution is -2.48. The Kier molecular flexibility index (Phi) is 4.23. The minimum atomic E-state index is 0.0914. The molecule has 0 aromatic carbocycles. The van der Waals surface area contributed by atoms with Crippen molar-refractivity contribution in [3.05, 3.63) is 0 Å². The lowest BCUT2D eigenvalue weighted by atomic mass is 10.1. The molecule has 1 aliphatic heterocycles. The zero-order valence-electron chi connectivity index (χ0n) is 8.66. The first-order valence-corrected chi connectivity index (χ1v) is 5.95. The third kappa shape index (κ3) is 2.40. The highest BCUT2D eigenvalue weighted by Gasteiger charge is 2.26. The SMILES string of the molecule is CSC(=N)N(C#N)C1CCCCN1C. The van der Waals surface area contributed by atoms with Crippen molar-refractivity contribution in [3.8, 4) is 6.19 Å². The fraction of sp³-hybridized carbons (Fsp3) is 0.778. The summed E-state index contributed by atoms with van der Waals surface area (Å²) in [6.45, 7) is 1.02. The van der Waals surface area contributed by atoms with Gasteiger partial charge in [0.15, 0.2) is 11.4 Å². The predicted molar refractivity (Wildman–Crippen MR) is 59.0 cm³/mol. The molecule has 1 rings (SSSR count). The lowest BCUT2D eigenvalue weighted by molar-refractivity contribution is 0.112. The van der Waals surface area contributed by atoms with Crippen molar-refractivity contribution in [1.29, 1.82) is 10.7 Å². The summed E-state index contributed by atoms with van der Waals surface area (Å²) in [5, 5.41) is 17.0. The monoisotopic (exact) mass is 212 g/mol. The van der Waals surface area contributed by atoms with Crippen molar-refractivity contribution >= 4 is 16.9 Å². The molecule has 1 unspecified atom stereocenters. The molecule has 0 radical (unpaired) electrons. The van der Waals surface area contributed by atoms with Gasteiger partial charge >= 0.3 is 0 Å². The maximum absolute atomic E-state index is 8.99. The molecule has 14 heavy (non-hydrogen) atoms. The average Bonchev–Trinajstić information content (AvgIpc) is 2.21. The maximum Gasteiger partial charge on any atom is 0.187 e. The first-order chi connectivity index (χ1) is 6.70. The summed E-state index contributed by atoms with van der Waals surface area (Å²) < 4.78 is 0. The second-order valence-corrected chi connectivity index (χ2v) is 4.23. The quantitative estimate of drug-likeness (QED) is 0.310. The van der Waals surface area contributed by atoms with E-state index in [-0.39, 0.29) is 6.17 Å². The number of nitriles is 1. The Hall–Kier alpha value is -0.730. The maximum atomic E-state index is 8.99. The number of nitrogens with zero attached hydrogens (tertiary/aromatic N) is 3. The Labute approximate surface area is 89.4 Å². The van der Waals surface area contributed by atoms with Crippen LogP contribution in [0.25, 0.3) is 0 Å². The van der Waals surface area contributed by atoms with E-state index in [1.165, 1.54) is 23.1 Å². The van der Waals surface area contributed by atoms with Crippen molar-refractivity contribution in [2.24, 2.45) is 0 Å². The van der Waals surface area contributed by atoms with E-state index in [4.69, 9.17) is 10.7 Å². The van der Waals surface area contributed by atoms with Crippen LogP contribution in [-0.4, -0.2) is 41.0 Å². The molecule has 0 aromatic heterocycles. The predicted octanol–water partition coefficient (Wildman–Crippen LogP) is 1.51. The number of piperidine rings is 1. The highest BCUT2D eigenvalue weighted by molar-refractivity contribution is 8.13. The molecule has 1 saturated heterocycles. The summed E-state index contributed by atoms with van der Waals surface area (Å²) in [6.07, 6.45) is 7.34. The smallest absolute Gasteiger partial charge is 0.187 e. The molecule has 1 fully saturated rings. The van der Waals surface area contributed by atoms with Crippen molar-refractivity contribution in [1.82, 2.24) is 9.80 Å². The van der Waals surface area contributed by atoms with Crippen LogP contribution in [0.5, 0.6) is 0 Å². The Morgan fingerprint density at radius 1 is 1.64 bits per heavy atom. The van der Waals surface area contributed by atoms with Gasteiger partial charge in [-0.25, -0.2) is 4.90 Å². The van der Waals surface area contributed by atoms with Crippen LogP contribution in [-0.2, 0) is 0 Å². The molecule has 0 bridgehead atoms. The third-order valence-electron chi connectivity index (χ3n) is 2.55. The Morgan fingerprint density at radius 2 is 2.36 bits per heavy atom. The molecule has 4 nitrogen and oxygen atoms in total. The number of hydrogen-bond donors (Lipinski definition) is 1. The van der Waals surface area contributed by atoms with Crippen molar-refractivity contribution in [2.45, 2.75) is 25.4 Å². The van der Waals surface area contributed by atoms with Gasteiger partial charge in [-0.1, -0.05) is 11.8 Å². The van der Waals surface area contributed by atoms with E-state index in [9.17, 15) is 0 Å². The van der Waals surface area contributed by atoms with Gasteiger partial charge < -0.3 is 0 Å². The van der Waals surface area contributed by atoms with Crippen LogP contribution < -0.4 is 0 Å². The highest BCUT2D eigenvalue weighted by atomic mass is 32.2. The minimum Gasteiger partial charge on any atom is -0.286 e. The van der Waals surface area contributed by atoms with Gasteiger partial charge in [-0.05, 0) is 39.1 Å². The standard InChI is InChI=1S/C9H16N4S/c1-12-6-4-3-5-8(12)13(7-10)9(11)14-2/h8,11H,3-6H2,1-2H3. The van der Waals surface area contributed by atoms with Gasteiger partial charge in [0.1, 0.15) is 0 Å². The van der Waals surface area contributed by atoms with E-state index < -0.39 is 0 Å². The molecular formula is C9H16N4S. The zero-order valence-corrected chi connectivity index (χ0v) is 9.47. The number of nitrogens with one attached hydrogen (secondary N) is 1. The summed E-state index contributed by atoms with van der Waals surface area (Å²) in [6, 6.07) is 0. The molecule has 1 aliphatic rings. The van der Waals surface area contributed by atoms with Crippen LogP contribution in [0.4, 0.5) is 0 Å². The van der Waals surface area contributed by atoms with Crippen molar-refractivity contribution in [2.75, 3.05) is 19.8 Å². The zero-order chi connectivity index (χ0) is 10.6. The summed E-state index contributed by atoms with van der Waals surface area (Å²) in [5.74, 6) is 0. The van der Waals surface area contributed by atoms with Gasteiger partial charge in [-0.2, -0.15) is 5.26 Å². The fourth-order valence-corrected chi connectivity index (χ4v) is 2.09. The fourth-order valence-electron chi connectivity index (χ4n) is 1.73. The molecule has 0 amide bonds. The number of thioether (sulfide) groups is 1.